The van der Waals surface area contributed by atoms with Gasteiger partial charge in [-0.25, -0.2) is 9.59 Å². The lowest BCUT2D eigenvalue weighted by atomic mass is 10.1. The molecule has 0 fully saturated rings. The van der Waals surface area contributed by atoms with Gasteiger partial charge in [-0.3, -0.25) is 9.59 Å². The molecule has 164 valence electrons. The average Bonchev–Trinajstić information content (AvgIpc) is 3.36. The third-order valence-corrected chi connectivity index (χ3v) is 5.32. The first-order chi connectivity index (χ1) is 15.4. The van der Waals surface area contributed by atoms with Crippen LogP contribution in [0, 0.1) is 0 Å². The minimum absolute atomic E-state index is 0.141. The molecule has 1 aromatic heterocycles. The van der Waals surface area contributed by atoms with Gasteiger partial charge in [0.15, 0.2) is 6.61 Å². The van der Waals surface area contributed by atoms with E-state index in [1.165, 1.54) is 41.5 Å². The number of ether oxygens (including phenoxy) is 2. The SMILES string of the molecule is COC(=O)c1ccccc1NC(=O)COC(=O)c1ccccc1N(C)C(=O)c1cccs1. The van der Waals surface area contributed by atoms with E-state index in [2.05, 4.69) is 10.1 Å². The van der Waals surface area contributed by atoms with Crippen LogP contribution in [-0.2, 0) is 14.3 Å². The second-order valence-corrected chi connectivity index (χ2v) is 7.47. The van der Waals surface area contributed by atoms with Crippen molar-refractivity contribution >= 4 is 46.5 Å². The van der Waals surface area contributed by atoms with E-state index in [9.17, 15) is 19.2 Å². The number of hydrogen-bond acceptors (Lipinski definition) is 7. The normalized spacial score (nSPS) is 10.2. The van der Waals surface area contributed by atoms with E-state index in [1.54, 1.807) is 54.9 Å². The highest BCUT2D eigenvalue weighted by molar-refractivity contribution is 7.12. The summed E-state index contributed by atoms with van der Waals surface area (Å²) >= 11 is 1.29. The molecule has 0 bridgehead atoms. The summed E-state index contributed by atoms with van der Waals surface area (Å²) in [6.45, 7) is -0.578. The first-order valence-electron chi connectivity index (χ1n) is 9.47. The molecule has 0 aliphatic heterocycles. The monoisotopic (exact) mass is 452 g/mol. The summed E-state index contributed by atoms with van der Waals surface area (Å²) in [4.78, 5) is 51.3. The second kappa shape index (κ2) is 10.4. The first-order valence-corrected chi connectivity index (χ1v) is 10.3. The minimum Gasteiger partial charge on any atom is -0.465 e. The van der Waals surface area contributed by atoms with Crippen LogP contribution in [0.2, 0.25) is 0 Å². The zero-order chi connectivity index (χ0) is 23.1. The zero-order valence-electron chi connectivity index (χ0n) is 17.4. The van der Waals surface area contributed by atoms with Crippen molar-refractivity contribution < 1.29 is 28.7 Å². The van der Waals surface area contributed by atoms with Crippen molar-refractivity contribution in [1.29, 1.82) is 0 Å². The molecular weight excluding hydrogens is 432 g/mol. The van der Waals surface area contributed by atoms with Gasteiger partial charge < -0.3 is 19.7 Å². The van der Waals surface area contributed by atoms with Crippen LogP contribution < -0.4 is 10.2 Å². The quantitative estimate of drug-likeness (QED) is 0.550. The highest BCUT2D eigenvalue weighted by Crippen LogP contribution is 2.23. The van der Waals surface area contributed by atoms with E-state index in [1.807, 2.05) is 0 Å². The molecule has 0 spiro atoms. The number of carbonyl (C=O) groups excluding carboxylic acids is 4. The molecule has 3 aromatic rings. The molecule has 0 unspecified atom stereocenters. The van der Waals surface area contributed by atoms with E-state index in [0.717, 1.165) is 0 Å². The van der Waals surface area contributed by atoms with Gasteiger partial charge in [-0.2, -0.15) is 0 Å². The molecule has 1 heterocycles. The van der Waals surface area contributed by atoms with Gasteiger partial charge in [-0.1, -0.05) is 30.3 Å². The fourth-order valence-corrected chi connectivity index (χ4v) is 3.59. The predicted octanol–water partition coefficient (Wildman–Crippen LogP) is 3.61. The molecule has 0 saturated heterocycles. The summed E-state index contributed by atoms with van der Waals surface area (Å²) in [5.74, 6) is -2.26. The van der Waals surface area contributed by atoms with E-state index >= 15 is 0 Å². The molecule has 8 nitrogen and oxygen atoms in total. The molecule has 0 radical (unpaired) electrons. The molecule has 0 atom stereocenters. The Kier molecular flexibility index (Phi) is 7.35. The van der Waals surface area contributed by atoms with Crippen molar-refractivity contribution in [3.63, 3.8) is 0 Å². The molecule has 3 rings (SSSR count). The molecule has 0 saturated carbocycles. The molecule has 1 N–H and O–H groups in total. The van der Waals surface area contributed by atoms with Crippen LogP contribution in [0.4, 0.5) is 11.4 Å². The number of nitrogens with one attached hydrogen (secondary N) is 1. The number of amides is 2. The Morgan fingerprint density at radius 1 is 0.906 bits per heavy atom. The predicted molar refractivity (Wildman–Crippen MR) is 120 cm³/mol. The Balaban J connectivity index is 1.68. The summed E-state index contributed by atoms with van der Waals surface area (Å²) in [7, 11) is 2.80. The maximum absolute atomic E-state index is 12.6. The van der Waals surface area contributed by atoms with Crippen LogP contribution in [0.5, 0.6) is 0 Å². The number of thiophene rings is 1. The summed E-state index contributed by atoms with van der Waals surface area (Å²) in [5, 5.41) is 4.32. The van der Waals surface area contributed by atoms with Gasteiger partial charge in [0.1, 0.15) is 0 Å². The van der Waals surface area contributed by atoms with Crippen LogP contribution in [-0.4, -0.2) is 44.5 Å². The second-order valence-electron chi connectivity index (χ2n) is 6.52. The van der Waals surface area contributed by atoms with Crippen LogP contribution in [0.25, 0.3) is 0 Å². The van der Waals surface area contributed by atoms with Crippen molar-refractivity contribution in [2.24, 2.45) is 0 Å². The van der Waals surface area contributed by atoms with Crippen LogP contribution in [0.15, 0.2) is 66.0 Å². The number of nitrogens with zero attached hydrogens (tertiary/aromatic N) is 1. The van der Waals surface area contributed by atoms with Gasteiger partial charge in [0.2, 0.25) is 0 Å². The third kappa shape index (κ3) is 5.19. The fraction of sp³-hybridized carbons (Fsp3) is 0.130. The Morgan fingerprint density at radius 3 is 2.28 bits per heavy atom. The topological polar surface area (TPSA) is 102 Å². The number of carbonyl (C=O) groups is 4. The molecule has 2 aromatic carbocycles. The van der Waals surface area contributed by atoms with Crippen LogP contribution >= 0.6 is 11.3 Å². The Morgan fingerprint density at radius 2 is 1.59 bits per heavy atom. The minimum atomic E-state index is -0.761. The largest absolute Gasteiger partial charge is 0.465 e. The number of anilines is 2. The standard InChI is InChI=1S/C23H20N2O6S/c1-25(21(27)19-12-7-13-32-19)18-11-6-4-9-16(18)23(29)31-14-20(26)24-17-10-5-3-8-15(17)22(28)30-2/h3-13H,14H2,1-2H3,(H,24,26). The smallest absolute Gasteiger partial charge is 0.340 e. The number of para-hydroxylation sites is 2. The van der Waals surface area contributed by atoms with Crippen molar-refractivity contribution in [2.75, 3.05) is 31.0 Å². The molecule has 0 aliphatic rings. The average molecular weight is 452 g/mol. The summed E-state index contributed by atoms with van der Waals surface area (Å²) < 4.78 is 9.84. The highest BCUT2D eigenvalue weighted by atomic mass is 32.1. The van der Waals surface area contributed by atoms with Gasteiger partial charge in [-0.05, 0) is 35.7 Å². The number of rotatable bonds is 7. The molecular formula is C23H20N2O6S. The van der Waals surface area contributed by atoms with Gasteiger partial charge in [0.05, 0.1) is 34.5 Å². The summed E-state index contributed by atoms with van der Waals surface area (Å²) in [6, 6.07) is 16.2. The van der Waals surface area contributed by atoms with Gasteiger partial charge in [-0.15, -0.1) is 11.3 Å². The Hall–Kier alpha value is -3.98. The molecule has 2 amide bonds. The Bertz CT molecular complexity index is 1140. The van der Waals surface area contributed by atoms with E-state index in [-0.39, 0.29) is 22.7 Å². The van der Waals surface area contributed by atoms with Crippen molar-refractivity contribution in [1.82, 2.24) is 0 Å². The summed E-state index contributed by atoms with van der Waals surface area (Å²) in [5.41, 5.74) is 0.908. The van der Waals surface area contributed by atoms with E-state index in [4.69, 9.17) is 4.74 Å². The van der Waals surface area contributed by atoms with Crippen molar-refractivity contribution in [2.45, 2.75) is 0 Å². The van der Waals surface area contributed by atoms with Crippen molar-refractivity contribution in [3.05, 3.63) is 82.0 Å². The highest BCUT2D eigenvalue weighted by Gasteiger charge is 2.22. The molecule has 0 aliphatic carbocycles. The van der Waals surface area contributed by atoms with E-state index < -0.39 is 24.5 Å². The molecule has 32 heavy (non-hydrogen) atoms. The number of methoxy groups -OCH3 is 1. The van der Waals surface area contributed by atoms with Crippen LogP contribution in [0.3, 0.4) is 0 Å². The zero-order valence-corrected chi connectivity index (χ0v) is 18.2. The lowest BCUT2D eigenvalue weighted by Crippen LogP contribution is -2.28. The maximum Gasteiger partial charge on any atom is 0.340 e. The fourth-order valence-electron chi connectivity index (χ4n) is 2.89. The number of esters is 2. The van der Waals surface area contributed by atoms with Gasteiger partial charge in [0.25, 0.3) is 11.8 Å². The number of benzene rings is 2. The lowest BCUT2D eigenvalue weighted by Gasteiger charge is -2.19. The lowest BCUT2D eigenvalue weighted by molar-refractivity contribution is -0.119. The first kappa shape index (κ1) is 22.7. The van der Waals surface area contributed by atoms with E-state index in [0.29, 0.717) is 10.6 Å². The molecule has 9 heteroatoms. The summed E-state index contributed by atoms with van der Waals surface area (Å²) in [6.07, 6.45) is 0. The maximum atomic E-state index is 12.6. The van der Waals surface area contributed by atoms with Gasteiger partial charge >= 0.3 is 11.9 Å². The Labute approximate surface area is 188 Å². The van der Waals surface area contributed by atoms with Crippen LogP contribution in [0.1, 0.15) is 30.4 Å². The number of hydrogen-bond donors (Lipinski definition) is 1. The van der Waals surface area contributed by atoms with Gasteiger partial charge in [0, 0.05) is 7.05 Å². The van der Waals surface area contributed by atoms with Crippen molar-refractivity contribution in [3.8, 4) is 0 Å². The third-order valence-electron chi connectivity index (χ3n) is 4.46.